The summed E-state index contributed by atoms with van der Waals surface area (Å²) in [4.78, 5) is 15.9. The van der Waals surface area contributed by atoms with Crippen LogP contribution in [0.4, 0.5) is 0 Å². The van der Waals surface area contributed by atoms with Crippen LogP contribution in [0.5, 0.6) is 0 Å². The number of hydrogen-bond acceptors (Lipinski definition) is 4. The summed E-state index contributed by atoms with van der Waals surface area (Å²) >= 11 is 3.66. The summed E-state index contributed by atoms with van der Waals surface area (Å²) in [5, 5.41) is 0. The minimum absolute atomic E-state index is 0.314. The summed E-state index contributed by atoms with van der Waals surface area (Å²) in [6.45, 7) is 2.19. The molecule has 0 aliphatic heterocycles. The van der Waals surface area contributed by atoms with Gasteiger partial charge in [0, 0.05) is 17.2 Å². The lowest BCUT2D eigenvalue weighted by atomic mass is 10.4. The zero-order valence-corrected chi connectivity index (χ0v) is 9.96. The first-order valence-electron chi connectivity index (χ1n) is 3.68. The summed E-state index contributed by atoms with van der Waals surface area (Å²) in [6.07, 6.45) is 4.84. The topological polar surface area (TPSA) is 39.2 Å². The Morgan fingerprint density at radius 1 is 1.85 bits per heavy atom. The van der Waals surface area contributed by atoms with Crippen LogP contribution in [0.1, 0.15) is 11.8 Å². The van der Waals surface area contributed by atoms with E-state index in [4.69, 9.17) is 4.74 Å². The highest BCUT2D eigenvalue weighted by molar-refractivity contribution is 14.1. The van der Waals surface area contributed by atoms with Crippen molar-refractivity contribution in [1.82, 2.24) is 4.98 Å². The lowest BCUT2D eigenvalue weighted by molar-refractivity contribution is -0.137. The standard InChI is InChI=1S/C8H8INO2S/c1-2-12-7(11)4-3-6-5-10-8(9)13-6/h3-5H,2H2,1H3/b4-3+. The molecule has 0 N–H and O–H groups in total. The van der Waals surface area contributed by atoms with E-state index in [1.54, 1.807) is 19.2 Å². The van der Waals surface area contributed by atoms with Gasteiger partial charge in [0.2, 0.25) is 0 Å². The molecule has 1 rings (SSSR count). The third-order valence-corrected chi connectivity index (χ3v) is 2.86. The highest BCUT2D eigenvalue weighted by Gasteiger charge is 1.96. The van der Waals surface area contributed by atoms with E-state index in [0.717, 1.165) is 7.89 Å². The van der Waals surface area contributed by atoms with E-state index >= 15 is 0 Å². The van der Waals surface area contributed by atoms with Crippen LogP contribution in [0.25, 0.3) is 6.08 Å². The number of halogens is 1. The molecule has 1 heterocycles. The maximum Gasteiger partial charge on any atom is 0.330 e. The molecule has 1 aromatic heterocycles. The van der Waals surface area contributed by atoms with Crippen LogP contribution in [0, 0.1) is 3.01 Å². The monoisotopic (exact) mass is 309 g/mol. The fourth-order valence-electron chi connectivity index (χ4n) is 0.682. The van der Waals surface area contributed by atoms with Crippen molar-refractivity contribution in [3.63, 3.8) is 0 Å². The second kappa shape index (κ2) is 5.33. The first kappa shape index (κ1) is 10.6. The van der Waals surface area contributed by atoms with Gasteiger partial charge in [0.1, 0.15) is 0 Å². The van der Waals surface area contributed by atoms with E-state index in [0.29, 0.717) is 6.61 Å². The summed E-state index contributed by atoms with van der Waals surface area (Å²) in [5.74, 6) is -0.314. The van der Waals surface area contributed by atoms with Crippen LogP contribution in [-0.4, -0.2) is 17.6 Å². The van der Waals surface area contributed by atoms with Crippen molar-refractivity contribution in [2.45, 2.75) is 6.92 Å². The molecule has 0 unspecified atom stereocenters. The van der Waals surface area contributed by atoms with Crippen LogP contribution in [0.3, 0.4) is 0 Å². The summed E-state index contributed by atoms with van der Waals surface area (Å²) in [5.41, 5.74) is 0. The number of esters is 1. The molecule has 1 aromatic rings. The molecule has 0 spiro atoms. The van der Waals surface area contributed by atoms with E-state index in [2.05, 4.69) is 27.6 Å². The number of rotatable bonds is 3. The summed E-state index contributed by atoms with van der Waals surface area (Å²) in [7, 11) is 0. The smallest absolute Gasteiger partial charge is 0.330 e. The Balaban J connectivity index is 2.53. The lowest BCUT2D eigenvalue weighted by Gasteiger charge is -1.92. The van der Waals surface area contributed by atoms with Gasteiger partial charge in [0.25, 0.3) is 0 Å². The Hall–Kier alpha value is -0.430. The molecular weight excluding hydrogens is 301 g/mol. The van der Waals surface area contributed by atoms with E-state index in [9.17, 15) is 4.79 Å². The third-order valence-electron chi connectivity index (χ3n) is 1.17. The van der Waals surface area contributed by atoms with Gasteiger partial charge in [-0.1, -0.05) is 0 Å². The minimum atomic E-state index is -0.314. The predicted molar refractivity (Wildman–Crippen MR) is 60.5 cm³/mol. The molecule has 0 bridgehead atoms. The SMILES string of the molecule is CCOC(=O)/C=C/c1cnc(I)s1. The molecule has 0 amide bonds. The summed E-state index contributed by atoms with van der Waals surface area (Å²) < 4.78 is 5.69. The van der Waals surface area contributed by atoms with Crippen molar-refractivity contribution in [3.8, 4) is 0 Å². The fraction of sp³-hybridized carbons (Fsp3) is 0.250. The van der Waals surface area contributed by atoms with Gasteiger partial charge in [-0.05, 0) is 35.6 Å². The first-order valence-corrected chi connectivity index (χ1v) is 5.58. The molecule has 0 fully saturated rings. The van der Waals surface area contributed by atoms with Crippen LogP contribution in [-0.2, 0) is 9.53 Å². The molecule has 13 heavy (non-hydrogen) atoms. The Morgan fingerprint density at radius 2 is 2.62 bits per heavy atom. The maximum absolute atomic E-state index is 10.9. The summed E-state index contributed by atoms with van der Waals surface area (Å²) in [6, 6.07) is 0. The fourth-order valence-corrected chi connectivity index (χ4v) is 2.13. The van der Waals surface area contributed by atoms with Crippen LogP contribution in [0.15, 0.2) is 12.3 Å². The van der Waals surface area contributed by atoms with E-state index in [-0.39, 0.29) is 5.97 Å². The average Bonchev–Trinajstić information content (AvgIpc) is 2.49. The van der Waals surface area contributed by atoms with Crippen molar-refractivity contribution in [2.24, 2.45) is 0 Å². The van der Waals surface area contributed by atoms with Crippen LogP contribution < -0.4 is 0 Å². The zero-order chi connectivity index (χ0) is 9.68. The molecule has 0 aliphatic rings. The van der Waals surface area contributed by atoms with Gasteiger partial charge in [0.05, 0.1) is 6.61 Å². The number of hydrogen-bond donors (Lipinski definition) is 0. The number of aromatic nitrogens is 1. The number of thiazole rings is 1. The normalized spacial score (nSPS) is 10.6. The number of ether oxygens (including phenoxy) is 1. The van der Waals surface area contributed by atoms with Gasteiger partial charge in [-0.3, -0.25) is 0 Å². The van der Waals surface area contributed by atoms with E-state index in [1.807, 2.05) is 0 Å². The minimum Gasteiger partial charge on any atom is -0.463 e. The number of carbonyl (C=O) groups is 1. The Kier molecular flexibility index (Phi) is 4.37. The van der Waals surface area contributed by atoms with Crippen molar-refractivity contribution in [3.05, 3.63) is 20.2 Å². The van der Waals surface area contributed by atoms with Gasteiger partial charge in [0.15, 0.2) is 3.01 Å². The Morgan fingerprint density at radius 3 is 3.15 bits per heavy atom. The molecule has 0 aromatic carbocycles. The third kappa shape index (κ3) is 3.86. The van der Waals surface area contributed by atoms with Gasteiger partial charge >= 0.3 is 5.97 Å². The first-order chi connectivity index (χ1) is 6.22. The second-order valence-electron chi connectivity index (χ2n) is 2.10. The average molecular weight is 309 g/mol. The van der Waals surface area contributed by atoms with E-state index in [1.165, 1.54) is 17.4 Å². The Bertz CT molecular complexity index is 322. The molecule has 0 atom stereocenters. The van der Waals surface area contributed by atoms with Crippen LogP contribution in [0.2, 0.25) is 0 Å². The van der Waals surface area contributed by atoms with Crippen molar-refractivity contribution >= 4 is 46.0 Å². The van der Waals surface area contributed by atoms with Gasteiger partial charge in [-0.2, -0.15) is 0 Å². The molecule has 0 saturated heterocycles. The van der Waals surface area contributed by atoms with Crippen molar-refractivity contribution in [2.75, 3.05) is 6.61 Å². The zero-order valence-electron chi connectivity index (χ0n) is 6.99. The van der Waals surface area contributed by atoms with Gasteiger partial charge in [-0.25, -0.2) is 9.78 Å². The highest BCUT2D eigenvalue weighted by Crippen LogP contribution is 2.15. The molecule has 70 valence electrons. The van der Waals surface area contributed by atoms with Gasteiger partial charge < -0.3 is 4.74 Å². The molecule has 0 aliphatic carbocycles. The maximum atomic E-state index is 10.9. The molecule has 3 nitrogen and oxygen atoms in total. The van der Waals surface area contributed by atoms with Gasteiger partial charge in [-0.15, -0.1) is 11.3 Å². The van der Waals surface area contributed by atoms with Crippen molar-refractivity contribution in [1.29, 1.82) is 0 Å². The molecule has 0 radical (unpaired) electrons. The highest BCUT2D eigenvalue weighted by atomic mass is 127. The van der Waals surface area contributed by atoms with Crippen LogP contribution >= 0.6 is 33.9 Å². The second-order valence-corrected chi connectivity index (χ2v) is 4.92. The lowest BCUT2D eigenvalue weighted by Crippen LogP contribution is -1.98. The predicted octanol–water partition coefficient (Wildman–Crippen LogP) is 2.32. The largest absolute Gasteiger partial charge is 0.463 e. The number of nitrogens with zero attached hydrogens (tertiary/aromatic N) is 1. The van der Waals surface area contributed by atoms with E-state index < -0.39 is 0 Å². The Labute approximate surface area is 94.0 Å². The molecular formula is C8H8INO2S. The quantitative estimate of drug-likeness (QED) is 0.489. The molecule has 0 saturated carbocycles. The van der Waals surface area contributed by atoms with Crippen molar-refractivity contribution < 1.29 is 9.53 Å². The number of carbonyl (C=O) groups excluding carboxylic acids is 1. The molecule has 5 heteroatoms.